The predicted molar refractivity (Wildman–Crippen MR) is 118 cm³/mol. The van der Waals surface area contributed by atoms with Crippen molar-refractivity contribution in [3.05, 3.63) is 0 Å². The van der Waals surface area contributed by atoms with E-state index < -0.39 is 0 Å². The number of nitrogens with one attached hydrogen (secondary N) is 1. The molecule has 4 fully saturated rings. The van der Waals surface area contributed by atoms with Crippen LogP contribution in [0.1, 0.15) is 86.0 Å². The first-order valence-electron chi connectivity index (χ1n) is 12.2. The van der Waals surface area contributed by atoms with Crippen molar-refractivity contribution in [1.29, 1.82) is 0 Å². The third-order valence-corrected chi connectivity index (χ3v) is 9.65. The zero-order chi connectivity index (χ0) is 21.9. The summed E-state index contributed by atoms with van der Waals surface area (Å²) in [5.41, 5.74) is 0.288. The van der Waals surface area contributed by atoms with E-state index in [2.05, 4.69) is 24.1 Å². The molecule has 1 saturated heterocycles. The molecule has 7 atom stereocenters. The van der Waals surface area contributed by atoms with Gasteiger partial charge in [-0.05, 0) is 100 Å². The van der Waals surface area contributed by atoms with E-state index in [9.17, 15) is 9.59 Å². The van der Waals surface area contributed by atoms with Crippen molar-refractivity contribution >= 4 is 12.0 Å². The molecule has 5 heteroatoms. The van der Waals surface area contributed by atoms with Crippen molar-refractivity contribution in [2.45, 2.75) is 97.6 Å². The summed E-state index contributed by atoms with van der Waals surface area (Å²) in [4.78, 5) is 26.6. The lowest BCUT2D eigenvalue weighted by atomic mass is 9.47. The molecule has 170 valence electrons. The van der Waals surface area contributed by atoms with Crippen LogP contribution >= 0.6 is 0 Å². The molecule has 30 heavy (non-hydrogen) atoms. The van der Waals surface area contributed by atoms with Crippen LogP contribution in [0.4, 0.5) is 4.79 Å². The van der Waals surface area contributed by atoms with Gasteiger partial charge in [0.25, 0.3) is 0 Å². The van der Waals surface area contributed by atoms with Gasteiger partial charge in [0, 0.05) is 25.0 Å². The molecule has 0 spiro atoms. The van der Waals surface area contributed by atoms with Gasteiger partial charge in [0.05, 0.1) is 6.61 Å². The molecule has 3 aliphatic carbocycles. The first kappa shape index (κ1) is 22.0. The molecule has 3 saturated carbocycles. The van der Waals surface area contributed by atoms with Gasteiger partial charge in [-0.1, -0.05) is 13.8 Å². The highest BCUT2D eigenvalue weighted by Crippen LogP contribution is 2.66. The molecule has 4 rings (SSSR count). The largest absolute Gasteiger partial charge is 0.449 e. The van der Waals surface area contributed by atoms with Crippen LogP contribution in [0, 0.1) is 34.5 Å². The summed E-state index contributed by atoms with van der Waals surface area (Å²) in [5, 5.41) is 2.92. The van der Waals surface area contributed by atoms with Gasteiger partial charge in [-0.2, -0.15) is 0 Å². The molecule has 0 bridgehead atoms. The van der Waals surface area contributed by atoms with Crippen LogP contribution in [0.5, 0.6) is 0 Å². The number of rotatable bonds is 2. The summed E-state index contributed by atoms with van der Waals surface area (Å²) in [7, 11) is 2.03. The van der Waals surface area contributed by atoms with Gasteiger partial charge in [0.2, 0.25) is 5.91 Å². The van der Waals surface area contributed by atoms with Crippen LogP contribution < -0.4 is 5.32 Å². The summed E-state index contributed by atoms with van der Waals surface area (Å²) < 4.78 is 5.69. The smallest absolute Gasteiger partial charge is 0.407 e. The number of amides is 2. The van der Waals surface area contributed by atoms with E-state index in [0.717, 1.165) is 30.6 Å². The molecular formula is C25H42N2O3. The Labute approximate surface area is 182 Å². The second kappa shape index (κ2) is 7.41. The third kappa shape index (κ3) is 3.54. The number of piperidine rings is 1. The first-order valence-corrected chi connectivity index (χ1v) is 12.2. The van der Waals surface area contributed by atoms with Crippen LogP contribution in [0.25, 0.3) is 0 Å². The van der Waals surface area contributed by atoms with Gasteiger partial charge in [0.15, 0.2) is 0 Å². The number of carbonyl (C=O) groups is 2. The van der Waals surface area contributed by atoms with Crippen molar-refractivity contribution < 1.29 is 14.3 Å². The summed E-state index contributed by atoms with van der Waals surface area (Å²) in [5.74, 6) is 3.03. The second-order valence-corrected chi connectivity index (χ2v) is 12.3. The fourth-order valence-corrected chi connectivity index (χ4v) is 8.05. The highest BCUT2D eigenvalue weighted by atomic mass is 16.5. The Hall–Kier alpha value is -1.26. The lowest BCUT2D eigenvalue weighted by molar-refractivity contribution is -0.158. The number of hydrogen-bond donors (Lipinski definition) is 1. The third-order valence-electron chi connectivity index (χ3n) is 9.65. The Morgan fingerprint density at radius 3 is 2.47 bits per heavy atom. The summed E-state index contributed by atoms with van der Waals surface area (Å²) in [6.07, 6.45) is 8.83. The monoisotopic (exact) mass is 418 g/mol. The van der Waals surface area contributed by atoms with Crippen molar-refractivity contribution in [1.82, 2.24) is 10.2 Å². The van der Waals surface area contributed by atoms with Crippen LogP contribution in [0.3, 0.4) is 0 Å². The van der Waals surface area contributed by atoms with Crippen molar-refractivity contribution in [2.24, 2.45) is 34.5 Å². The zero-order valence-corrected chi connectivity index (χ0v) is 19.9. The molecule has 0 radical (unpaired) electrons. The fourth-order valence-electron chi connectivity index (χ4n) is 8.05. The maximum atomic E-state index is 12.3. The molecule has 5 nitrogen and oxygen atoms in total. The van der Waals surface area contributed by atoms with Crippen LogP contribution in [0.2, 0.25) is 0 Å². The molecule has 0 aromatic heterocycles. The first-order chi connectivity index (χ1) is 14.0. The van der Waals surface area contributed by atoms with Gasteiger partial charge in [0.1, 0.15) is 0 Å². The number of hydrogen-bond acceptors (Lipinski definition) is 3. The normalized spacial score (nSPS) is 43.5. The SMILES string of the molecule is CN1C(=O)CC[C@@]2(C)C1CC[C@@H]1[C@H]2CC[C@]2(C)C(COC(=O)NC(C)(C)C)CC[C@@H]12. The highest BCUT2D eigenvalue weighted by Gasteiger charge is 2.61. The van der Waals surface area contributed by atoms with Gasteiger partial charge in [-0.3, -0.25) is 4.79 Å². The molecule has 4 aliphatic rings. The molecule has 2 amide bonds. The topological polar surface area (TPSA) is 58.6 Å². The Kier molecular flexibility index (Phi) is 5.42. The molecular weight excluding hydrogens is 376 g/mol. The van der Waals surface area contributed by atoms with Crippen molar-refractivity contribution in [2.75, 3.05) is 13.7 Å². The molecule has 2 unspecified atom stereocenters. The minimum absolute atomic E-state index is 0.264. The van der Waals surface area contributed by atoms with E-state index in [0.29, 0.717) is 30.9 Å². The van der Waals surface area contributed by atoms with Gasteiger partial charge in [-0.15, -0.1) is 0 Å². The molecule has 1 aliphatic heterocycles. The highest BCUT2D eigenvalue weighted by molar-refractivity contribution is 5.77. The number of alkyl carbamates (subject to hydrolysis) is 1. The zero-order valence-electron chi connectivity index (χ0n) is 19.9. The van der Waals surface area contributed by atoms with Gasteiger partial charge < -0.3 is 15.0 Å². The Morgan fingerprint density at radius 1 is 1.07 bits per heavy atom. The van der Waals surface area contributed by atoms with Crippen molar-refractivity contribution in [3.63, 3.8) is 0 Å². The number of ether oxygens (including phenoxy) is 1. The lowest BCUT2D eigenvalue weighted by Crippen LogP contribution is -2.61. The maximum absolute atomic E-state index is 12.3. The van der Waals surface area contributed by atoms with E-state index in [1.807, 2.05) is 27.8 Å². The molecule has 1 N–H and O–H groups in total. The Morgan fingerprint density at radius 2 is 1.77 bits per heavy atom. The minimum atomic E-state index is -0.286. The predicted octanol–water partition coefficient (Wildman–Crippen LogP) is 4.99. The number of likely N-dealkylation sites (tertiary alicyclic amines) is 1. The summed E-state index contributed by atoms with van der Waals surface area (Å²) in [6.45, 7) is 11.4. The van der Waals surface area contributed by atoms with Crippen LogP contribution in [0.15, 0.2) is 0 Å². The Balaban J connectivity index is 1.45. The maximum Gasteiger partial charge on any atom is 0.407 e. The lowest BCUT2D eigenvalue weighted by Gasteiger charge is -2.61. The summed E-state index contributed by atoms with van der Waals surface area (Å²) in [6, 6.07) is 0.422. The van der Waals surface area contributed by atoms with Crippen LogP contribution in [-0.4, -0.2) is 42.1 Å². The van der Waals surface area contributed by atoms with E-state index >= 15 is 0 Å². The summed E-state index contributed by atoms with van der Waals surface area (Å²) >= 11 is 0. The van der Waals surface area contributed by atoms with Crippen molar-refractivity contribution in [3.8, 4) is 0 Å². The molecule has 0 aromatic rings. The Bertz CT molecular complexity index is 701. The average molecular weight is 419 g/mol. The quantitative estimate of drug-likeness (QED) is 0.687. The molecule has 0 aromatic carbocycles. The fraction of sp³-hybridized carbons (Fsp3) is 0.920. The van der Waals surface area contributed by atoms with E-state index in [4.69, 9.17) is 4.74 Å². The standard InChI is InChI=1S/C25H42N2O3/c1-23(2,3)26-22(29)30-15-16-7-9-18-17-8-10-20-25(5,14-12-21(28)27(20)6)19(17)11-13-24(16,18)4/h16-20H,7-15H2,1-6H3,(H,26,29)/t16?,17-,18-,19+,20?,24+,25+/m0/s1. The molecule has 1 heterocycles. The minimum Gasteiger partial charge on any atom is -0.449 e. The second-order valence-electron chi connectivity index (χ2n) is 12.3. The number of fused-ring (bicyclic) bond motifs is 5. The van der Waals surface area contributed by atoms with E-state index in [1.54, 1.807) is 0 Å². The van der Waals surface area contributed by atoms with Gasteiger partial charge >= 0.3 is 6.09 Å². The van der Waals surface area contributed by atoms with Crippen LogP contribution in [-0.2, 0) is 9.53 Å². The van der Waals surface area contributed by atoms with Gasteiger partial charge in [-0.25, -0.2) is 4.79 Å². The number of nitrogens with zero attached hydrogens (tertiary/aromatic N) is 1. The van der Waals surface area contributed by atoms with E-state index in [-0.39, 0.29) is 22.5 Å². The van der Waals surface area contributed by atoms with E-state index in [1.165, 1.54) is 32.1 Å². The number of carbonyl (C=O) groups excluding carboxylic acids is 2. The average Bonchev–Trinajstić information content (AvgIpc) is 2.98.